The topological polar surface area (TPSA) is 105 Å². The lowest BCUT2D eigenvalue weighted by Crippen LogP contribution is -2.38. The van der Waals surface area contributed by atoms with Gasteiger partial charge in [-0.2, -0.15) is 0 Å². The first-order valence-electron chi connectivity index (χ1n) is 10.8. The second-order valence-corrected chi connectivity index (χ2v) is 10.2. The number of carbonyl (C=O) groups is 1. The first kappa shape index (κ1) is 23.4. The summed E-state index contributed by atoms with van der Waals surface area (Å²) >= 11 is 0. The summed E-state index contributed by atoms with van der Waals surface area (Å²) in [6.45, 7) is 8.27. The molecule has 176 valence electrons. The molecule has 4 rings (SSSR count). The molecule has 2 heterocycles. The Balaban J connectivity index is 1.76. The van der Waals surface area contributed by atoms with Crippen LogP contribution in [0, 0.1) is 34.6 Å². The fourth-order valence-electron chi connectivity index (χ4n) is 4.09. The molecule has 1 amide bonds. The molecule has 4 aromatic rings. The number of nitrogens with one attached hydrogen (secondary N) is 1. The van der Waals surface area contributed by atoms with Gasteiger partial charge in [0, 0.05) is 11.1 Å². The summed E-state index contributed by atoms with van der Waals surface area (Å²) in [5.74, 6) is -0.312. The Kier molecular flexibility index (Phi) is 6.14. The summed E-state index contributed by atoms with van der Waals surface area (Å²) in [6, 6.07) is 14.6. The van der Waals surface area contributed by atoms with E-state index in [1.165, 1.54) is 0 Å². The number of nitrogens with zero attached hydrogens (tertiary/aromatic N) is 3. The van der Waals surface area contributed by atoms with Crippen LogP contribution in [0.5, 0.6) is 0 Å². The molecule has 0 saturated carbocycles. The van der Waals surface area contributed by atoms with Crippen molar-refractivity contribution >= 4 is 38.2 Å². The normalized spacial score (nSPS) is 11.6. The SMILES string of the molecule is Cc1cc(C)cc(N(CC(=O)Nc2cc(C)nc3ccccc23)S(=O)(=O)c2c(C)noc2C)c1. The summed E-state index contributed by atoms with van der Waals surface area (Å²) in [7, 11) is -4.14. The predicted octanol–water partition coefficient (Wildman–Crippen LogP) is 4.60. The number of anilines is 2. The Bertz CT molecular complexity index is 1470. The minimum Gasteiger partial charge on any atom is -0.360 e. The number of pyridine rings is 1. The number of amides is 1. The van der Waals surface area contributed by atoms with Gasteiger partial charge in [0.1, 0.15) is 12.2 Å². The molecule has 8 nitrogen and oxygen atoms in total. The van der Waals surface area contributed by atoms with Crippen LogP contribution < -0.4 is 9.62 Å². The quantitative estimate of drug-likeness (QED) is 0.434. The summed E-state index contributed by atoms with van der Waals surface area (Å²) in [5, 5.41) is 7.45. The van der Waals surface area contributed by atoms with Gasteiger partial charge < -0.3 is 9.84 Å². The number of aryl methyl sites for hydroxylation is 5. The number of sulfonamides is 1. The first-order valence-corrected chi connectivity index (χ1v) is 12.2. The minimum atomic E-state index is -4.14. The van der Waals surface area contributed by atoms with Gasteiger partial charge in [0.25, 0.3) is 10.0 Å². The zero-order valence-corrected chi connectivity index (χ0v) is 20.5. The molecule has 34 heavy (non-hydrogen) atoms. The number of rotatable bonds is 6. The molecule has 0 saturated heterocycles. The molecule has 0 atom stereocenters. The zero-order chi connectivity index (χ0) is 24.6. The van der Waals surface area contributed by atoms with E-state index in [4.69, 9.17) is 4.52 Å². The predicted molar refractivity (Wildman–Crippen MR) is 132 cm³/mol. The van der Waals surface area contributed by atoms with Crippen molar-refractivity contribution in [1.82, 2.24) is 10.1 Å². The van der Waals surface area contributed by atoms with Crippen molar-refractivity contribution in [2.45, 2.75) is 39.5 Å². The van der Waals surface area contributed by atoms with Crippen molar-refractivity contribution in [3.05, 3.63) is 76.8 Å². The number of para-hydroxylation sites is 1. The highest BCUT2D eigenvalue weighted by molar-refractivity contribution is 7.93. The van der Waals surface area contributed by atoms with Crippen LogP contribution in [0.15, 0.2) is 57.9 Å². The van der Waals surface area contributed by atoms with Crippen molar-refractivity contribution in [2.75, 3.05) is 16.2 Å². The van der Waals surface area contributed by atoms with Crippen LogP contribution in [0.3, 0.4) is 0 Å². The van der Waals surface area contributed by atoms with Crippen molar-refractivity contribution in [3.8, 4) is 0 Å². The number of hydrogen-bond donors (Lipinski definition) is 1. The van der Waals surface area contributed by atoms with Crippen molar-refractivity contribution in [2.24, 2.45) is 0 Å². The van der Waals surface area contributed by atoms with Crippen LogP contribution in [-0.4, -0.2) is 31.0 Å². The summed E-state index contributed by atoms with van der Waals surface area (Å²) in [4.78, 5) is 17.7. The van der Waals surface area contributed by atoms with E-state index in [1.807, 2.05) is 51.1 Å². The molecular weight excluding hydrogens is 452 g/mol. The third-order valence-electron chi connectivity index (χ3n) is 5.42. The maximum atomic E-state index is 13.7. The molecule has 0 aliphatic rings. The second kappa shape index (κ2) is 8.90. The van der Waals surface area contributed by atoms with Gasteiger partial charge in [-0.15, -0.1) is 0 Å². The van der Waals surface area contributed by atoms with Crippen LogP contribution in [0.25, 0.3) is 10.9 Å². The van der Waals surface area contributed by atoms with E-state index in [1.54, 1.807) is 32.0 Å². The van der Waals surface area contributed by atoms with E-state index >= 15 is 0 Å². The number of benzene rings is 2. The fourth-order valence-corrected chi connectivity index (χ4v) is 5.80. The van der Waals surface area contributed by atoms with Crippen LogP contribution in [0.1, 0.15) is 28.3 Å². The minimum absolute atomic E-state index is 0.0373. The van der Waals surface area contributed by atoms with Crippen molar-refractivity contribution < 1.29 is 17.7 Å². The van der Waals surface area contributed by atoms with E-state index < -0.39 is 22.5 Å². The van der Waals surface area contributed by atoms with Gasteiger partial charge in [-0.05, 0) is 70.0 Å². The Morgan fingerprint density at radius 2 is 1.68 bits per heavy atom. The highest BCUT2D eigenvalue weighted by Crippen LogP contribution is 2.30. The van der Waals surface area contributed by atoms with Gasteiger partial charge in [-0.3, -0.25) is 14.1 Å². The average molecular weight is 479 g/mol. The molecular formula is C25H26N4O4S. The number of aromatic nitrogens is 2. The van der Waals surface area contributed by atoms with Gasteiger partial charge >= 0.3 is 0 Å². The second-order valence-electron chi connectivity index (χ2n) is 8.39. The summed E-state index contributed by atoms with van der Waals surface area (Å²) in [5.41, 5.74) is 4.45. The molecule has 2 aromatic heterocycles. The van der Waals surface area contributed by atoms with Gasteiger partial charge in [0.2, 0.25) is 5.91 Å². The van der Waals surface area contributed by atoms with Crippen molar-refractivity contribution in [1.29, 1.82) is 0 Å². The van der Waals surface area contributed by atoms with Crippen LogP contribution >= 0.6 is 0 Å². The monoisotopic (exact) mass is 478 g/mol. The van der Waals surface area contributed by atoms with Crippen LogP contribution in [-0.2, 0) is 14.8 Å². The van der Waals surface area contributed by atoms with E-state index in [0.717, 1.165) is 32.0 Å². The number of carbonyl (C=O) groups excluding carboxylic acids is 1. The molecule has 0 aliphatic carbocycles. The van der Waals surface area contributed by atoms with Crippen LogP contribution in [0.2, 0.25) is 0 Å². The summed E-state index contributed by atoms with van der Waals surface area (Å²) < 4.78 is 33.7. The van der Waals surface area contributed by atoms with Gasteiger partial charge in [0.05, 0.1) is 16.9 Å². The first-order chi connectivity index (χ1) is 16.1. The lowest BCUT2D eigenvalue weighted by molar-refractivity contribution is -0.114. The molecule has 2 aromatic carbocycles. The fraction of sp³-hybridized carbons (Fsp3) is 0.240. The molecule has 0 spiro atoms. The third kappa shape index (κ3) is 4.51. The number of hydrogen-bond acceptors (Lipinski definition) is 6. The maximum absolute atomic E-state index is 13.7. The smallest absolute Gasteiger partial charge is 0.270 e. The maximum Gasteiger partial charge on any atom is 0.270 e. The largest absolute Gasteiger partial charge is 0.360 e. The highest BCUT2D eigenvalue weighted by Gasteiger charge is 2.33. The third-order valence-corrected chi connectivity index (χ3v) is 7.43. The Hall–Kier alpha value is -3.72. The molecule has 0 unspecified atom stereocenters. The average Bonchev–Trinajstić information content (AvgIpc) is 3.09. The molecule has 0 fully saturated rings. The van der Waals surface area contributed by atoms with E-state index in [-0.39, 0.29) is 16.3 Å². The Morgan fingerprint density at radius 3 is 2.32 bits per heavy atom. The lowest BCUT2D eigenvalue weighted by atomic mass is 10.1. The molecule has 0 radical (unpaired) electrons. The van der Waals surface area contributed by atoms with Gasteiger partial charge in [-0.25, -0.2) is 8.42 Å². The van der Waals surface area contributed by atoms with E-state index in [2.05, 4.69) is 15.5 Å². The Labute approximate surface area is 198 Å². The van der Waals surface area contributed by atoms with E-state index in [9.17, 15) is 13.2 Å². The summed E-state index contributed by atoms with van der Waals surface area (Å²) in [6.07, 6.45) is 0. The van der Waals surface area contributed by atoms with Crippen LogP contribution in [0.4, 0.5) is 11.4 Å². The van der Waals surface area contributed by atoms with E-state index in [0.29, 0.717) is 11.4 Å². The molecule has 0 aliphatic heterocycles. The Morgan fingerprint density at radius 1 is 1.00 bits per heavy atom. The highest BCUT2D eigenvalue weighted by atomic mass is 32.2. The molecule has 1 N–H and O–H groups in total. The van der Waals surface area contributed by atoms with Crippen molar-refractivity contribution in [3.63, 3.8) is 0 Å². The van der Waals surface area contributed by atoms with Gasteiger partial charge in [-0.1, -0.05) is 29.4 Å². The molecule has 9 heteroatoms. The number of fused-ring (bicyclic) bond motifs is 1. The molecule has 0 bridgehead atoms. The zero-order valence-electron chi connectivity index (χ0n) is 19.7. The van der Waals surface area contributed by atoms with Gasteiger partial charge in [0.15, 0.2) is 10.7 Å². The lowest BCUT2D eigenvalue weighted by Gasteiger charge is -2.25. The standard InChI is InChI=1S/C25H26N4O4S/c1-15-10-16(2)12-20(11-15)29(34(31,32)25-18(4)28-33-19(25)5)14-24(30)27-23-13-17(3)26-22-9-7-6-8-21(22)23/h6-13H,14H2,1-5H3,(H,26,27,30).